The van der Waals surface area contributed by atoms with Crippen LogP contribution in [0.5, 0.6) is 0 Å². The van der Waals surface area contributed by atoms with Crippen molar-refractivity contribution >= 4 is 5.96 Å². The fourth-order valence-corrected chi connectivity index (χ4v) is 2.96. The summed E-state index contributed by atoms with van der Waals surface area (Å²) in [6.07, 6.45) is 2.72. The van der Waals surface area contributed by atoms with Crippen LogP contribution in [-0.2, 0) is 13.0 Å². The molecule has 2 aromatic heterocycles. The van der Waals surface area contributed by atoms with E-state index in [0.717, 1.165) is 49.4 Å². The predicted molar refractivity (Wildman–Crippen MR) is 97.9 cm³/mol. The lowest BCUT2D eigenvalue weighted by Crippen LogP contribution is -2.41. The van der Waals surface area contributed by atoms with E-state index >= 15 is 0 Å². The third kappa shape index (κ3) is 4.39. The van der Waals surface area contributed by atoms with Gasteiger partial charge in [0.2, 0.25) is 5.89 Å². The maximum Gasteiger partial charge on any atom is 0.228 e. The zero-order valence-electron chi connectivity index (χ0n) is 16.0. The average molecular weight is 360 g/mol. The molecule has 3 rings (SSSR count). The Bertz CT molecular complexity index is 748. The Hall–Kier alpha value is -2.45. The van der Waals surface area contributed by atoms with Gasteiger partial charge in [-0.2, -0.15) is 10.1 Å². The number of fused-ring (bicyclic) bond motifs is 1. The van der Waals surface area contributed by atoms with E-state index in [1.165, 1.54) is 0 Å². The summed E-state index contributed by atoms with van der Waals surface area (Å²) in [5, 5.41) is 15.2. The first kappa shape index (κ1) is 18.3. The Morgan fingerprint density at radius 2 is 2.23 bits per heavy atom. The first-order valence-electron chi connectivity index (χ1n) is 9.35. The SMILES string of the molecule is CCNC(=NCCc1nc(C(C)C)no1)NC1CCCn2nc(C)nc21. The number of hydrogen-bond acceptors (Lipinski definition) is 6. The van der Waals surface area contributed by atoms with Crippen LogP contribution in [-0.4, -0.2) is 44.0 Å². The highest BCUT2D eigenvalue weighted by atomic mass is 16.5. The molecule has 0 fully saturated rings. The minimum Gasteiger partial charge on any atom is -0.357 e. The van der Waals surface area contributed by atoms with E-state index in [2.05, 4.69) is 42.8 Å². The van der Waals surface area contributed by atoms with E-state index in [0.29, 0.717) is 18.9 Å². The molecular formula is C17H28N8O. The van der Waals surface area contributed by atoms with Crippen molar-refractivity contribution in [2.75, 3.05) is 13.1 Å². The molecule has 142 valence electrons. The Morgan fingerprint density at radius 3 is 2.96 bits per heavy atom. The third-order valence-electron chi connectivity index (χ3n) is 4.23. The molecule has 1 aliphatic rings. The number of hydrogen-bond donors (Lipinski definition) is 2. The molecule has 0 spiro atoms. The van der Waals surface area contributed by atoms with Crippen molar-refractivity contribution in [3.63, 3.8) is 0 Å². The van der Waals surface area contributed by atoms with Crippen molar-refractivity contribution in [2.45, 2.75) is 65.5 Å². The number of nitrogens with zero attached hydrogens (tertiary/aromatic N) is 6. The molecule has 0 saturated heterocycles. The standard InChI is InChI=1S/C17H28N8O/c1-5-18-17(19-9-8-14-22-15(11(2)3)24-26-14)21-13-7-6-10-25-16(13)20-12(4)23-25/h11,13H,5-10H2,1-4H3,(H2,18,19,21). The summed E-state index contributed by atoms with van der Waals surface area (Å²) >= 11 is 0. The summed E-state index contributed by atoms with van der Waals surface area (Å²) in [6, 6.07) is 0.124. The number of guanidine groups is 1. The summed E-state index contributed by atoms with van der Waals surface area (Å²) in [5.41, 5.74) is 0. The van der Waals surface area contributed by atoms with Gasteiger partial charge in [0.15, 0.2) is 11.8 Å². The van der Waals surface area contributed by atoms with Crippen molar-refractivity contribution in [2.24, 2.45) is 4.99 Å². The van der Waals surface area contributed by atoms with E-state index < -0.39 is 0 Å². The molecule has 0 radical (unpaired) electrons. The van der Waals surface area contributed by atoms with Crippen molar-refractivity contribution in [3.05, 3.63) is 23.4 Å². The fourth-order valence-electron chi connectivity index (χ4n) is 2.96. The van der Waals surface area contributed by atoms with Crippen LogP contribution in [0, 0.1) is 6.92 Å². The molecule has 26 heavy (non-hydrogen) atoms. The number of aliphatic imine (C=N–C) groups is 1. The van der Waals surface area contributed by atoms with Gasteiger partial charge in [0.1, 0.15) is 11.6 Å². The van der Waals surface area contributed by atoms with Crippen LogP contribution in [0.2, 0.25) is 0 Å². The lowest BCUT2D eigenvalue weighted by Gasteiger charge is -2.24. The number of aromatic nitrogens is 5. The lowest BCUT2D eigenvalue weighted by atomic mass is 10.1. The second-order valence-electron chi connectivity index (χ2n) is 6.79. The third-order valence-corrected chi connectivity index (χ3v) is 4.23. The molecule has 9 nitrogen and oxygen atoms in total. The summed E-state index contributed by atoms with van der Waals surface area (Å²) in [7, 11) is 0. The molecule has 2 aromatic rings. The van der Waals surface area contributed by atoms with Gasteiger partial charge in [-0.15, -0.1) is 0 Å². The molecule has 0 aliphatic carbocycles. The van der Waals surface area contributed by atoms with Crippen molar-refractivity contribution < 1.29 is 4.52 Å². The molecule has 2 N–H and O–H groups in total. The van der Waals surface area contributed by atoms with Gasteiger partial charge < -0.3 is 15.2 Å². The number of nitrogens with one attached hydrogen (secondary N) is 2. The zero-order valence-corrected chi connectivity index (χ0v) is 16.0. The number of rotatable bonds is 6. The summed E-state index contributed by atoms with van der Waals surface area (Å²) in [4.78, 5) is 13.6. The number of aryl methyl sites for hydroxylation is 2. The van der Waals surface area contributed by atoms with E-state index in [1.807, 2.05) is 25.5 Å². The van der Waals surface area contributed by atoms with Gasteiger partial charge in [-0.05, 0) is 26.7 Å². The van der Waals surface area contributed by atoms with E-state index in [9.17, 15) is 0 Å². The quantitative estimate of drug-likeness (QED) is 0.597. The van der Waals surface area contributed by atoms with E-state index in [4.69, 9.17) is 4.52 Å². The maximum atomic E-state index is 5.27. The van der Waals surface area contributed by atoms with Gasteiger partial charge in [-0.1, -0.05) is 19.0 Å². The first-order valence-corrected chi connectivity index (χ1v) is 9.35. The second kappa shape index (κ2) is 8.29. The first-order chi connectivity index (χ1) is 12.6. The van der Waals surface area contributed by atoms with Crippen molar-refractivity contribution in [1.29, 1.82) is 0 Å². The Morgan fingerprint density at radius 1 is 1.38 bits per heavy atom. The topological polar surface area (TPSA) is 106 Å². The van der Waals surface area contributed by atoms with Gasteiger partial charge in [-0.25, -0.2) is 9.67 Å². The van der Waals surface area contributed by atoms with Gasteiger partial charge in [-0.3, -0.25) is 4.99 Å². The monoisotopic (exact) mass is 360 g/mol. The zero-order chi connectivity index (χ0) is 18.5. The highest BCUT2D eigenvalue weighted by Gasteiger charge is 2.24. The summed E-state index contributed by atoms with van der Waals surface area (Å²) in [6.45, 7) is 10.4. The van der Waals surface area contributed by atoms with Crippen LogP contribution in [0.25, 0.3) is 0 Å². The van der Waals surface area contributed by atoms with E-state index in [-0.39, 0.29) is 12.0 Å². The van der Waals surface area contributed by atoms with Crippen molar-refractivity contribution in [1.82, 2.24) is 35.5 Å². The molecule has 0 amide bonds. The minimum absolute atomic E-state index is 0.124. The smallest absolute Gasteiger partial charge is 0.228 e. The normalized spacial score (nSPS) is 17.4. The highest BCUT2D eigenvalue weighted by Crippen LogP contribution is 2.22. The van der Waals surface area contributed by atoms with Gasteiger partial charge >= 0.3 is 0 Å². The van der Waals surface area contributed by atoms with E-state index in [1.54, 1.807) is 0 Å². The molecule has 1 aliphatic heterocycles. The van der Waals surface area contributed by atoms with Crippen LogP contribution >= 0.6 is 0 Å². The Kier molecular flexibility index (Phi) is 5.85. The summed E-state index contributed by atoms with van der Waals surface area (Å²) in [5.74, 6) is 4.20. The molecule has 1 atom stereocenters. The molecule has 9 heteroatoms. The average Bonchev–Trinajstić information content (AvgIpc) is 3.21. The largest absolute Gasteiger partial charge is 0.357 e. The van der Waals surface area contributed by atoms with Gasteiger partial charge in [0.05, 0.1) is 12.6 Å². The highest BCUT2D eigenvalue weighted by molar-refractivity contribution is 5.80. The maximum absolute atomic E-state index is 5.27. The van der Waals surface area contributed by atoms with Crippen LogP contribution in [0.15, 0.2) is 9.52 Å². The summed E-state index contributed by atoms with van der Waals surface area (Å²) < 4.78 is 7.27. The second-order valence-corrected chi connectivity index (χ2v) is 6.79. The molecule has 0 saturated carbocycles. The Labute approximate surface area is 153 Å². The lowest BCUT2D eigenvalue weighted by molar-refractivity contribution is 0.372. The van der Waals surface area contributed by atoms with Crippen molar-refractivity contribution in [3.8, 4) is 0 Å². The molecule has 1 unspecified atom stereocenters. The molecular weight excluding hydrogens is 332 g/mol. The Balaban J connectivity index is 1.62. The minimum atomic E-state index is 0.124. The van der Waals surface area contributed by atoms with Crippen LogP contribution in [0.1, 0.15) is 68.9 Å². The van der Waals surface area contributed by atoms with Crippen LogP contribution in [0.3, 0.4) is 0 Å². The predicted octanol–water partition coefficient (Wildman–Crippen LogP) is 1.73. The van der Waals surface area contributed by atoms with Gasteiger partial charge in [0, 0.05) is 25.4 Å². The molecule has 0 aromatic carbocycles. The van der Waals surface area contributed by atoms with Gasteiger partial charge in [0.25, 0.3) is 0 Å². The fraction of sp³-hybridized carbons (Fsp3) is 0.706. The molecule has 3 heterocycles. The van der Waals surface area contributed by atoms with Crippen LogP contribution in [0.4, 0.5) is 0 Å². The molecule has 0 bridgehead atoms. The van der Waals surface area contributed by atoms with Crippen LogP contribution < -0.4 is 10.6 Å².